The number of amides is 1. The molecule has 1 saturated carbocycles. The van der Waals surface area contributed by atoms with Crippen LogP contribution in [-0.4, -0.2) is 40.6 Å². The second kappa shape index (κ2) is 5.83. The fourth-order valence-electron chi connectivity index (χ4n) is 3.36. The van der Waals surface area contributed by atoms with Gasteiger partial charge in [0.05, 0.1) is 12.2 Å². The normalized spacial score (nSPS) is 38.4. The average molecular weight is 270 g/mol. The second-order valence-electron chi connectivity index (χ2n) is 5.72. The van der Waals surface area contributed by atoms with Gasteiger partial charge in [-0.3, -0.25) is 10.1 Å². The molecule has 1 N–H and O–H groups in total. The minimum Gasteiger partial charge on any atom is -0.322 e. The molecule has 5 unspecified atom stereocenters. The maximum atomic E-state index is 12.6. The van der Waals surface area contributed by atoms with Crippen molar-refractivity contribution < 1.29 is 4.79 Å². The molecule has 1 aliphatic carbocycles. The van der Waals surface area contributed by atoms with E-state index in [0.29, 0.717) is 23.1 Å². The van der Waals surface area contributed by atoms with Crippen molar-refractivity contribution in [2.24, 2.45) is 5.92 Å². The first-order valence-electron chi connectivity index (χ1n) is 7.21. The summed E-state index contributed by atoms with van der Waals surface area (Å²) in [5, 5.41) is 4.13. The number of hydrogen-bond donors (Lipinski definition) is 1. The van der Waals surface area contributed by atoms with Gasteiger partial charge in [-0.1, -0.05) is 26.7 Å². The molecule has 1 amide bonds. The number of nitrogens with zero attached hydrogens (tertiary/aromatic N) is 1. The first-order chi connectivity index (χ1) is 8.60. The molecule has 1 aliphatic heterocycles. The first-order valence-corrected chi connectivity index (χ1v) is 8.50. The van der Waals surface area contributed by atoms with Crippen LogP contribution in [0.1, 0.15) is 46.5 Å². The second-order valence-corrected chi connectivity index (χ2v) is 6.80. The van der Waals surface area contributed by atoms with Gasteiger partial charge in [0.2, 0.25) is 5.91 Å². The van der Waals surface area contributed by atoms with Crippen molar-refractivity contribution in [1.29, 1.82) is 0 Å². The molecule has 2 rings (SSSR count). The number of hydrogen-bond acceptors (Lipinski definition) is 3. The average Bonchev–Trinajstić information content (AvgIpc) is 2.92. The molecule has 0 aromatic rings. The molecule has 0 aromatic heterocycles. The molecule has 0 aromatic carbocycles. The molecule has 2 aliphatic rings. The number of nitrogens with one attached hydrogen (secondary N) is 1. The SMILES string of the molecule is CCC(C)C1NC(C)N(C2CCCC2SC)C1=O. The van der Waals surface area contributed by atoms with E-state index in [1.54, 1.807) is 0 Å². The number of rotatable bonds is 4. The van der Waals surface area contributed by atoms with Crippen LogP contribution in [0, 0.1) is 5.92 Å². The Balaban J connectivity index is 2.11. The zero-order valence-electron chi connectivity index (χ0n) is 12.0. The van der Waals surface area contributed by atoms with Gasteiger partial charge >= 0.3 is 0 Å². The molecular weight excluding hydrogens is 244 g/mol. The summed E-state index contributed by atoms with van der Waals surface area (Å²) in [6.07, 6.45) is 7.14. The van der Waals surface area contributed by atoms with E-state index in [0.717, 1.165) is 6.42 Å². The van der Waals surface area contributed by atoms with Crippen LogP contribution in [0.4, 0.5) is 0 Å². The third kappa shape index (κ3) is 2.42. The molecule has 4 heteroatoms. The lowest BCUT2D eigenvalue weighted by Gasteiger charge is -2.32. The predicted octanol–water partition coefficient (Wildman–Crippen LogP) is 2.46. The number of thioether (sulfide) groups is 1. The van der Waals surface area contributed by atoms with Crippen molar-refractivity contribution in [3.8, 4) is 0 Å². The molecule has 104 valence electrons. The topological polar surface area (TPSA) is 32.3 Å². The highest BCUT2D eigenvalue weighted by Gasteiger charge is 2.45. The summed E-state index contributed by atoms with van der Waals surface area (Å²) in [7, 11) is 0. The Labute approximate surface area is 115 Å². The lowest BCUT2D eigenvalue weighted by atomic mass is 9.99. The Kier molecular flexibility index (Phi) is 4.59. The van der Waals surface area contributed by atoms with Crippen molar-refractivity contribution in [3.05, 3.63) is 0 Å². The highest BCUT2D eigenvalue weighted by Crippen LogP contribution is 2.35. The molecular formula is C14H26N2OS. The van der Waals surface area contributed by atoms with Crippen LogP contribution in [0.5, 0.6) is 0 Å². The molecule has 0 spiro atoms. The van der Waals surface area contributed by atoms with Crippen LogP contribution in [-0.2, 0) is 4.79 Å². The molecule has 2 fully saturated rings. The van der Waals surface area contributed by atoms with E-state index in [9.17, 15) is 4.79 Å². The Morgan fingerprint density at radius 1 is 1.50 bits per heavy atom. The minimum absolute atomic E-state index is 0.0353. The summed E-state index contributed by atoms with van der Waals surface area (Å²) in [6, 6.07) is 0.483. The first kappa shape index (κ1) is 14.2. The Bertz CT molecular complexity index is 310. The van der Waals surface area contributed by atoms with E-state index in [-0.39, 0.29) is 12.2 Å². The van der Waals surface area contributed by atoms with Crippen molar-refractivity contribution in [3.63, 3.8) is 0 Å². The van der Waals surface area contributed by atoms with Crippen molar-refractivity contribution in [2.75, 3.05) is 6.26 Å². The van der Waals surface area contributed by atoms with Crippen molar-refractivity contribution in [2.45, 2.75) is 70.0 Å². The van der Waals surface area contributed by atoms with Gasteiger partial charge in [-0.2, -0.15) is 11.8 Å². The Hall–Kier alpha value is -0.220. The lowest BCUT2D eigenvalue weighted by molar-refractivity contribution is -0.132. The minimum atomic E-state index is 0.0353. The summed E-state index contributed by atoms with van der Waals surface area (Å²) in [4.78, 5) is 14.8. The summed E-state index contributed by atoms with van der Waals surface area (Å²) in [6.45, 7) is 6.47. The summed E-state index contributed by atoms with van der Waals surface area (Å²) >= 11 is 1.93. The molecule has 5 atom stereocenters. The van der Waals surface area contributed by atoms with Crippen molar-refractivity contribution in [1.82, 2.24) is 10.2 Å². The molecule has 1 heterocycles. The molecule has 1 saturated heterocycles. The van der Waals surface area contributed by atoms with Gasteiger partial charge in [-0.05, 0) is 31.9 Å². The van der Waals surface area contributed by atoms with Crippen LogP contribution < -0.4 is 5.32 Å². The van der Waals surface area contributed by atoms with E-state index < -0.39 is 0 Å². The maximum Gasteiger partial charge on any atom is 0.241 e. The Morgan fingerprint density at radius 2 is 2.22 bits per heavy atom. The largest absolute Gasteiger partial charge is 0.322 e. The molecule has 0 bridgehead atoms. The van der Waals surface area contributed by atoms with Crippen LogP contribution >= 0.6 is 11.8 Å². The van der Waals surface area contributed by atoms with E-state index in [2.05, 4.69) is 37.2 Å². The van der Waals surface area contributed by atoms with Gasteiger partial charge in [0, 0.05) is 11.3 Å². The molecule has 3 nitrogen and oxygen atoms in total. The van der Waals surface area contributed by atoms with Gasteiger partial charge in [-0.15, -0.1) is 0 Å². The number of carbonyl (C=O) groups is 1. The zero-order chi connectivity index (χ0) is 13.3. The van der Waals surface area contributed by atoms with E-state index in [1.165, 1.54) is 19.3 Å². The third-order valence-electron chi connectivity index (χ3n) is 4.65. The smallest absolute Gasteiger partial charge is 0.241 e. The van der Waals surface area contributed by atoms with Gasteiger partial charge < -0.3 is 4.90 Å². The standard InChI is InChI=1S/C14H26N2OS/c1-5-9(2)13-14(17)16(10(3)15-13)11-7-6-8-12(11)18-4/h9-13,15H,5-8H2,1-4H3. The highest BCUT2D eigenvalue weighted by atomic mass is 32.2. The number of carbonyl (C=O) groups excluding carboxylic acids is 1. The third-order valence-corrected chi connectivity index (χ3v) is 5.80. The van der Waals surface area contributed by atoms with E-state index in [4.69, 9.17) is 0 Å². The van der Waals surface area contributed by atoms with E-state index in [1.807, 2.05) is 11.8 Å². The van der Waals surface area contributed by atoms with Crippen molar-refractivity contribution >= 4 is 17.7 Å². The van der Waals surface area contributed by atoms with Gasteiger partial charge in [0.25, 0.3) is 0 Å². The fourth-order valence-corrected chi connectivity index (χ4v) is 4.34. The monoisotopic (exact) mass is 270 g/mol. The quantitative estimate of drug-likeness (QED) is 0.852. The van der Waals surface area contributed by atoms with Crippen LogP contribution in [0.2, 0.25) is 0 Å². The lowest BCUT2D eigenvalue weighted by Crippen LogP contribution is -2.46. The molecule has 0 radical (unpaired) electrons. The maximum absolute atomic E-state index is 12.6. The summed E-state index contributed by atoms with van der Waals surface area (Å²) in [5.41, 5.74) is 0. The highest BCUT2D eigenvalue weighted by molar-refractivity contribution is 7.99. The van der Waals surface area contributed by atoms with Crippen LogP contribution in [0.25, 0.3) is 0 Å². The Morgan fingerprint density at radius 3 is 2.83 bits per heavy atom. The van der Waals surface area contributed by atoms with Gasteiger partial charge in [-0.25, -0.2) is 0 Å². The van der Waals surface area contributed by atoms with Crippen LogP contribution in [0.15, 0.2) is 0 Å². The zero-order valence-corrected chi connectivity index (χ0v) is 12.8. The van der Waals surface area contributed by atoms with E-state index >= 15 is 0 Å². The van der Waals surface area contributed by atoms with Crippen LogP contribution in [0.3, 0.4) is 0 Å². The van der Waals surface area contributed by atoms with Gasteiger partial charge in [0.15, 0.2) is 0 Å². The predicted molar refractivity (Wildman–Crippen MR) is 77.6 cm³/mol. The summed E-state index contributed by atoms with van der Waals surface area (Å²) < 4.78 is 0. The van der Waals surface area contributed by atoms with Gasteiger partial charge in [0.1, 0.15) is 0 Å². The summed E-state index contributed by atoms with van der Waals surface area (Å²) in [5.74, 6) is 0.766. The fraction of sp³-hybridized carbons (Fsp3) is 0.929. The molecule has 18 heavy (non-hydrogen) atoms.